The van der Waals surface area contributed by atoms with Gasteiger partial charge < -0.3 is 14.8 Å². The van der Waals surface area contributed by atoms with Crippen LogP contribution >= 0.6 is 0 Å². The molecule has 0 spiro atoms. The summed E-state index contributed by atoms with van der Waals surface area (Å²) in [6.45, 7) is 5.50. The third kappa shape index (κ3) is 6.99. The van der Waals surface area contributed by atoms with Gasteiger partial charge >= 0.3 is 12.1 Å². The highest BCUT2D eigenvalue weighted by Gasteiger charge is 2.26. The van der Waals surface area contributed by atoms with Crippen LogP contribution in [0, 0.1) is 0 Å². The maximum Gasteiger partial charge on any atom is 0.408 e. The zero-order valence-corrected chi connectivity index (χ0v) is 17.9. The molecule has 7 nitrogen and oxygen atoms in total. The van der Waals surface area contributed by atoms with E-state index in [1.807, 2.05) is 66.9 Å². The third-order valence-corrected chi connectivity index (χ3v) is 4.31. The summed E-state index contributed by atoms with van der Waals surface area (Å²) in [4.78, 5) is 25.1. The van der Waals surface area contributed by atoms with Gasteiger partial charge in [0, 0.05) is 11.8 Å². The number of ether oxygens (including phenoxy) is 2. The number of amides is 1. The molecule has 1 heterocycles. The topological polar surface area (TPSA) is 82.5 Å². The van der Waals surface area contributed by atoms with E-state index >= 15 is 0 Å². The maximum atomic E-state index is 12.8. The summed E-state index contributed by atoms with van der Waals surface area (Å²) in [5.41, 5.74) is 2.10. The predicted octanol–water partition coefficient (Wildman–Crippen LogP) is 4.19. The molecule has 0 fully saturated rings. The van der Waals surface area contributed by atoms with Gasteiger partial charge in [0.25, 0.3) is 0 Å². The van der Waals surface area contributed by atoms with Crippen molar-refractivity contribution in [1.82, 2.24) is 15.1 Å². The number of hydrogen-bond donors (Lipinski definition) is 1. The second kappa shape index (κ2) is 9.93. The minimum Gasteiger partial charge on any atom is -0.459 e. The number of nitrogens with zero attached hydrogens (tertiary/aromatic N) is 2. The molecule has 1 aromatic heterocycles. The van der Waals surface area contributed by atoms with Crippen molar-refractivity contribution in [2.45, 2.75) is 45.6 Å². The molecule has 0 unspecified atom stereocenters. The molecule has 0 aliphatic heterocycles. The molecule has 0 saturated heterocycles. The van der Waals surface area contributed by atoms with Gasteiger partial charge in [-0.25, -0.2) is 9.59 Å². The Morgan fingerprint density at radius 2 is 1.65 bits per heavy atom. The molecule has 1 amide bonds. The molecule has 1 N–H and O–H groups in total. The van der Waals surface area contributed by atoms with Crippen molar-refractivity contribution in [1.29, 1.82) is 0 Å². The summed E-state index contributed by atoms with van der Waals surface area (Å²) < 4.78 is 12.3. The van der Waals surface area contributed by atoms with Gasteiger partial charge in [-0.2, -0.15) is 5.10 Å². The summed E-state index contributed by atoms with van der Waals surface area (Å²) in [5, 5.41) is 6.94. The van der Waals surface area contributed by atoms with Crippen molar-refractivity contribution in [2.75, 3.05) is 0 Å². The van der Waals surface area contributed by atoms with Crippen molar-refractivity contribution in [3.8, 4) is 11.1 Å². The molecular weight excluding hydrogens is 394 g/mol. The summed E-state index contributed by atoms with van der Waals surface area (Å²) in [5.74, 6) is -0.563. The molecule has 162 valence electrons. The number of hydrogen-bond acceptors (Lipinski definition) is 5. The lowest BCUT2D eigenvalue weighted by molar-refractivity contribution is -0.148. The molecule has 3 aromatic rings. The van der Waals surface area contributed by atoms with Crippen LogP contribution in [-0.2, 0) is 27.4 Å². The van der Waals surface area contributed by atoms with Crippen molar-refractivity contribution in [3.05, 3.63) is 78.6 Å². The fourth-order valence-electron chi connectivity index (χ4n) is 2.89. The van der Waals surface area contributed by atoms with Crippen LogP contribution in [0.2, 0.25) is 0 Å². The monoisotopic (exact) mass is 421 g/mol. The Bertz CT molecular complexity index is 994. The van der Waals surface area contributed by atoms with Crippen molar-refractivity contribution in [3.63, 3.8) is 0 Å². The van der Waals surface area contributed by atoms with Gasteiger partial charge in [-0.3, -0.25) is 4.68 Å². The first-order valence-electron chi connectivity index (χ1n) is 10.1. The van der Waals surface area contributed by atoms with Crippen LogP contribution in [0.5, 0.6) is 0 Å². The van der Waals surface area contributed by atoms with Crippen LogP contribution in [0.1, 0.15) is 26.3 Å². The summed E-state index contributed by atoms with van der Waals surface area (Å²) >= 11 is 0. The van der Waals surface area contributed by atoms with Crippen molar-refractivity contribution >= 4 is 12.1 Å². The Morgan fingerprint density at radius 3 is 2.29 bits per heavy atom. The zero-order valence-electron chi connectivity index (χ0n) is 17.9. The fraction of sp³-hybridized carbons (Fsp3) is 0.292. The minimum atomic E-state index is -0.956. The van der Waals surface area contributed by atoms with E-state index in [1.54, 1.807) is 31.6 Å². The summed E-state index contributed by atoms with van der Waals surface area (Å²) in [6, 6.07) is 18.2. The van der Waals surface area contributed by atoms with Gasteiger partial charge in [0.2, 0.25) is 0 Å². The molecule has 2 aromatic carbocycles. The SMILES string of the molecule is CC(C)(C)OC(=O)N[C@@H](Cn1cc(-c2ccccc2)cn1)C(=O)OCc1ccccc1. The van der Waals surface area contributed by atoms with E-state index < -0.39 is 23.7 Å². The average molecular weight is 421 g/mol. The van der Waals surface area contributed by atoms with Crippen LogP contribution < -0.4 is 5.32 Å². The molecule has 0 radical (unpaired) electrons. The molecule has 0 aliphatic carbocycles. The highest BCUT2D eigenvalue weighted by molar-refractivity contribution is 5.81. The van der Waals surface area contributed by atoms with Crippen LogP contribution in [-0.4, -0.2) is 33.5 Å². The Kier molecular flexibility index (Phi) is 7.07. The first-order valence-corrected chi connectivity index (χ1v) is 10.1. The minimum absolute atomic E-state index is 0.111. The Morgan fingerprint density at radius 1 is 1.00 bits per heavy atom. The van der Waals surface area contributed by atoms with E-state index in [2.05, 4.69) is 10.4 Å². The zero-order chi connectivity index (χ0) is 22.3. The summed E-state index contributed by atoms with van der Waals surface area (Å²) in [6.07, 6.45) is 2.85. The van der Waals surface area contributed by atoms with Gasteiger partial charge in [0.15, 0.2) is 0 Å². The second-order valence-electron chi connectivity index (χ2n) is 8.11. The third-order valence-electron chi connectivity index (χ3n) is 4.31. The van der Waals surface area contributed by atoms with Gasteiger partial charge in [-0.1, -0.05) is 60.7 Å². The lowest BCUT2D eigenvalue weighted by Gasteiger charge is -2.23. The van der Waals surface area contributed by atoms with E-state index in [-0.39, 0.29) is 13.2 Å². The van der Waals surface area contributed by atoms with Crippen molar-refractivity contribution < 1.29 is 19.1 Å². The lowest BCUT2D eigenvalue weighted by atomic mass is 10.1. The number of carbonyl (C=O) groups is 2. The molecule has 31 heavy (non-hydrogen) atoms. The molecule has 7 heteroatoms. The Hall–Kier alpha value is -3.61. The van der Waals surface area contributed by atoms with Crippen LogP contribution in [0.3, 0.4) is 0 Å². The molecular formula is C24H27N3O4. The van der Waals surface area contributed by atoms with E-state index in [4.69, 9.17) is 9.47 Å². The first-order chi connectivity index (χ1) is 14.8. The van der Waals surface area contributed by atoms with E-state index in [0.29, 0.717) is 0 Å². The molecule has 0 saturated carbocycles. The molecule has 1 atom stereocenters. The van der Waals surface area contributed by atoms with E-state index in [9.17, 15) is 9.59 Å². The normalized spacial score (nSPS) is 12.1. The number of carbonyl (C=O) groups excluding carboxylic acids is 2. The fourth-order valence-corrected chi connectivity index (χ4v) is 2.89. The number of benzene rings is 2. The van der Waals surface area contributed by atoms with Gasteiger partial charge in [-0.15, -0.1) is 0 Å². The molecule has 0 bridgehead atoms. The Balaban J connectivity index is 1.71. The highest BCUT2D eigenvalue weighted by Crippen LogP contribution is 2.18. The number of aromatic nitrogens is 2. The second-order valence-corrected chi connectivity index (χ2v) is 8.11. The van der Waals surface area contributed by atoms with Gasteiger partial charge in [0.1, 0.15) is 18.2 Å². The molecule has 3 rings (SSSR count). The van der Waals surface area contributed by atoms with Crippen LogP contribution in [0.25, 0.3) is 11.1 Å². The summed E-state index contributed by atoms with van der Waals surface area (Å²) in [7, 11) is 0. The maximum absolute atomic E-state index is 12.8. The standard InChI is InChI=1S/C24H27N3O4/c1-24(2,3)31-23(29)26-21(22(28)30-17-18-10-6-4-7-11-18)16-27-15-20(14-25-27)19-12-8-5-9-13-19/h4-15,21H,16-17H2,1-3H3,(H,26,29)/t21-/m0/s1. The average Bonchev–Trinajstić information content (AvgIpc) is 3.20. The van der Waals surface area contributed by atoms with Gasteiger partial charge in [0.05, 0.1) is 12.7 Å². The smallest absolute Gasteiger partial charge is 0.408 e. The lowest BCUT2D eigenvalue weighted by Crippen LogP contribution is -2.46. The van der Waals surface area contributed by atoms with Crippen LogP contribution in [0.4, 0.5) is 4.79 Å². The molecule has 0 aliphatic rings. The first kappa shape index (κ1) is 22.1. The van der Waals surface area contributed by atoms with Crippen LogP contribution in [0.15, 0.2) is 73.1 Å². The quantitative estimate of drug-likeness (QED) is 0.579. The number of alkyl carbamates (subject to hydrolysis) is 1. The van der Waals surface area contributed by atoms with Crippen molar-refractivity contribution in [2.24, 2.45) is 0 Å². The van der Waals surface area contributed by atoms with E-state index in [0.717, 1.165) is 16.7 Å². The highest BCUT2D eigenvalue weighted by atomic mass is 16.6. The predicted molar refractivity (Wildman–Crippen MR) is 117 cm³/mol. The number of rotatable bonds is 7. The number of esters is 1. The van der Waals surface area contributed by atoms with E-state index in [1.165, 1.54) is 0 Å². The largest absolute Gasteiger partial charge is 0.459 e. The van der Waals surface area contributed by atoms with Gasteiger partial charge in [-0.05, 0) is 31.9 Å². The Labute approximate surface area is 182 Å². The number of nitrogens with one attached hydrogen (secondary N) is 1.